The summed E-state index contributed by atoms with van der Waals surface area (Å²) in [4.78, 5) is 29.3. The Hall–Kier alpha value is -2.96. The maximum Gasteiger partial charge on any atom is 0.275 e. The van der Waals surface area contributed by atoms with E-state index in [1.165, 1.54) is 4.68 Å². The molecule has 1 aromatic carbocycles. The Balaban J connectivity index is 1.55. The molecule has 7 heteroatoms. The number of imidazole rings is 1. The van der Waals surface area contributed by atoms with Crippen molar-refractivity contribution < 1.29 is 4.79 Å². The van der Waals surface area contributed by atoms with Gasteiger partial charge in [0.2, 0.25) is 5.91 Å². The molecule has 1 aliphatic carbocycles. The van der Waals surface area contributed by atoms with Crippen molar-refractivity contribution in [3.63, 3.8) is 0 Å². The zero-order valence-electron chi connectivity index (χ0n) is 13.9. The molecule has 1 aliphatic rings. The molecular formula is C18H19N5O2. The Bertz CT molecular complexity index is 986. The van der Waals surface area contributed by atoms with Crippen LogP contribution >= 0.6 is 0 Å². The van der Waals surface area contributed by atoms with Crippen molar-refractivity contribution in [2.45, 2.75) is 25.4 Å². The number of benzene rings is 1. The highest BCUT2D eigenvalue weighted by atomic mass is 16.2. The van der Waals surface area contributed by atoms with E-state index in [4.69, 9.17) is 0 Å². The Labute approximate surface area is 144 Å². The fourth-order valence-electron chi connectivity index (χ4n) is 3.10. The van der Waals surface area contributed by atoms with E-state index in [-0.39, 0.29) is 24.1 Å². The summed E-state index contributed by atoms with van der Waals surface area (Å²) in [6, 6.07) is 7.11. The molecule has 0 unspecified atom stereocenters. The second-order valence-corrected chi connectivity index (χ2v) is 6.47. The third-order valence-corrected chi connectivity index (χ3v) is 4.60. The summed E-state index contributed by atoms with van der Waals surface area (Å²) < 4.78 is 3.13. The van der Waals surface area contributed by atoms with Crippen LogP contribution in [0.3, 0.4) is 0 Å². The topological polar surface area (TPSA) is 81.8 Å². The molecule has 2 heterocycles. The van der Waals surface area contributed by atoms with Crippen LogP contribution in [0.5, 0.6) is 0 Å². The van der Waals surface area contributed by atoms with Gasteiger partial charge in [0.05, 0.1) is 17.6 Å². The predicted molar refractivity (Wildman–Crippen MR) is 92.8 cm³/mol. The van der Waals surface area contributed by atoms with Crippen molar-refractivity contribution in [3.8, 4) is 0 Å². The number of aromatic nitrogens is 4. The number of aryl methyl sites for hydroxylation is 1. The minimum Gasteiger partial charge on any atom is -0.344 e. The molecule has 1 fully saturated rings. The van der Waals surface area contributed by atoms with Gasteiger partial charge in [-0.25, -0.2) is 9.67 Å². The van der Waals surface area contributed by atoms with Gasteiger partial charge in [0.25, 0.3) is 5.56 Å². The molecule has 0 aliphatic heterocycles. The number of nitrogens with zero attached hydrogens (tertiary/aromatic N) is 4. The molecule has 25 heavy (non-hydrogen) atoms. The van der Waals surface area contributed by atoms with Crippen molar-refractivity contribution >= 4 is 16.7 Å². The fraction of sp³-hybridized carbons (Fsp3) is 0.333. The van der Waals surface area contributed by atoms with Gasteiger partial charge in [-0.05, 0) is 24.8 Å². The lowest BCUT2D eigenvalue weighted by Gasteiger charge is -2.18. The van der Waals surface area contributed by atoms with Crippen LogP contribution in [-0.4, -0.2) is 25.2 Å². The average molecular weight is 337 g/mol. The number of rotatable bonds is 5. The molecular weight excluding hydrogens is 318 g/mol. The minimum atomic E-state index is -0.256. The molecule has 1 amide bonds. The van der Waals surface area contributed by atoms with E-state index >= 15 is 0 Å². The highest BCUT2D eigenvalue weighted by molar-refractivity contribution is 5.81. The van der Waals surface area contributed by atoms with Crippen molar-refractivity contribution in [2.75, 3.05) is 0 Å². The molecule has 128 valence electrons. The number of fused-ring (bicyclic) bond motifs is 1. The van der Waals surface area contributed by atoms with Crippen LogP contribution in [0.25, 0.3) is 10.8 Å². The van der Waals surface area contributed by atoms with E-state index in [2.05, 4.69) is 15.4 Å². The summed E-state index contributed by atoms with van der Waals surface area (Å²) in [5.74, 6) is 1.02. The zero-order valence-corrected chi connectivity index (χ0v) is 13.9. The van der Waals surface area contributed by atoms with Crippen LogP contribution in [0.2, 0.25) is 0 Å². The third kappa shape index (κ3) is 3.05. The largest absolute Gasteiger partial charge is 0.344 e. The highest BCUT2D eigenvalue weighted by Gasteiger charge is 2.35. The van der Waals surface area contributed by atoms with Crippen molar-refractivity contribution in [1.82, 2.24) is 24.6 Å². The lowest BCUT2D eigenvalue weighted by molar-refractivity contribution is -0.122. The Morgan fingerprint density at radius 3 is 2.88 bits per heavy atom. The minimum absolute atomic E-state index is 0.0999. The predicted octanol–water partition coefficient (Wildman–Crippen LogP) is 1.40. The van der Waals surface area contributed by atoms with Crippen LogP contribution in [0.4, 0.5) is 0 Å². The normalized spacial score (nSPS) is 15.2. The standard InChI is InChI=1S/C18H19N5O2/c1-22-9-8-19-17(22)16(12-6-7-12)21-15(24)11-23-18(25)14-5-3-2-4-13(14)10-20-23/h2-5,8-10,12,16H,6-7,11H2,1H3,(H,21,24)/t16-/m1/s1. The Kier molecular flexibility index (Phi) is 3.83. The van der Waals surface area contributed by atoms with E-state index in [0.717, 1.165) is 24.1 Å². The van der Waals surface area contributed by atoms with Gasteiger partial charge in [-0.2, -0.15) is 5.10 Å². The monoisotopic (exact) mass is 337 g/mol. The molecule has 0 spiro atoms. The molecule has 0 saturated heterocycles. The van der Waals surface area contributed by atoms with Crippen LogP contribution in [0.1, 0.15) is 24.7 Å². The van der Waals surface area contributed by atoms with E-state index in [9.17, 15) is 9.59 Å². The second kappa shape index (κ2) is 6.16. The van der Waals surface area contributed by atoms with Gasteiger partial charge in [-0.1, -0.05) is 18.2 Å². The van der Waals surface area contributed by atoms with Crippen LogP contribution in [0, 0.1) is 5.92 Å². The second-order valence-electron chi connectivity index (χ2n) is 6.47. The van der Waals surface area contributed by atoms with Gasteiger partial charge in [0, 0.05) is 24.8 Å². The maximum absolute atomic E-state index is 12.5. The summed E-state index contributed by atoms with van der Waals surface area (Å²) in [6.45, 7) is -0.0999. The first-order chi connectivity index (χ1) is 12.1. The molecule has 7 nitrogen and oxygen atoms in total. The molecule has 1 saturated carbocycles. The lowest BCUT2D eigenvalue weighted by Crippen LogP contribution is -2.37. The third-order valence-electron chi connectivity index (χ3n) is 4.60. The maximum atomic E-state index is 12.5. The number of hydrogen-bond donors (Lipinski definition) is 1. The Morgan fingerprint density at radius 1 is 1.36 bits per heavy atom. The van der Waals surface area contributed by atoms with Gasteiger partial charge < -0.3 is 9.88 Å². The van der Waals surface area contributed by atoms with Gasteiger partial charge in [-0.3, -0.25) is 9.59 Å². The molecule has 4 rings (SSSR count). The van der Waals surface area contributed by atoms with E-state index in [1.807, 2.05) is 29.9 Å². The number of nitrogens with one attached hydrogen (secondary N) is 1. The lowest BCUT2D eigenvalue weighted by atomic mass is 10.1. The Morgan fingerprint density at radius 2 is 2.16 bits per heavy atom. The van der Waals surface area contributed by atoms with Crippen molar-refractivity contribution in [2.24, 2.45) is 13.0 Å². The zero-order chi connectivity index (χ0) is 17.4. The summed E-state index contributed by atoms with van der Waals surface area (Å²) in [6.07, 6.45) is 7.36. The van der Waals surface area contributed by atoms with Crippen LogP contribution < -0.4 is 10.9 Å². The molecule has 1 atom stereocenters. The number of carbonyl (C=O) groups excluding carboxylic acids is 1. The van der Waals surface area contributed by atoms with Gasteiger partial charge in [0.1, 0.15) is 12.4 Å². The first-order valence-corrected chi connectivity index (χ1v) is 8.35. The summed E-state index contributed by atoms with van der Waals surface area (Å²) in [7, 11) is 1.92. The molecule has 2 aromatic heterocycles. The average Bonchev–Trinajstić information content (AvgIpc) is 3.37. The molecule has 0 bridgehead atoms. The summed E-state index contributed by atoms with van der Waals surface area (Å²) >= 11 is 0. The molecule has 0 radical (unpaired) electrons. The first kappa shape index (κ1) is 15.6. The quantitative estimate of drug-likeness (QED) is 0.763. The van der Waals surface area contributed by atoms with Crippen LogP contribution in [0.15, 0.2) is 47.7 Å². The van der Waals surface area contributed by atoms with Gasteiger partial charge in [-0.15, -0.1) is 0 Å². The number of amides is 1. The fourth-order valence-corrected chi connectivity index (χ4v) is 3.10. The SMILES string of the molecule is Cn1ccnc1[C@H](NC(=O)Cn1ncc2ccccc2c1=O)C1CC1. The van der Waals surface area contributed by atoms with E-state index < -0.39 is 0 Å². The molecule has 1 N–H and O–H groups in total. The number of carbonyl (C=O) groups is 1. The highest BCUT2D eigenvalue weighted by Crippen LogP contribution is 2.40. The van der Waals surface area contributed by atoms with Gasteiger partial charge >= 0.3 is 0 Å². The summed E-state index contributed by atoms with van der Waals surface area (Å²) in [5.41, 5.74) is -0.256. The summed E-state index contributed by atoms with van der Waals surface area (Å²) in [5, 5.41) is 8.48. The van der Waals surface area contributed by atoms with E-state index in [0.29, 0.717) is 11.3 Å². The van der Waals surface area contributed by atoms with Crippen LogP contribution in [-0.2, 0) is 18.4 Å². The first-order valence-electron chi connectivity index (χ1n) is 8.35. The number of hydrogen-bond acceptors (Lipinski definition) is 4. The smallest absolute Gasteiger partial charge is 0.275 e. The van der Waals surface area contributed by atoms with Crippen molar-refractivity contribution in [1.29, 1.82) is 0 Å². The van der Waals surface area contributed by atoms with Crippen molar-refractivity contribution in [3.05, 3.63) is 59.0 Å². The van der Waals surface area contributed by atoms with Gasteiger partial charge in [0.15, 0.2) is 0 Å². The van der Waals surface area contributed by atoms with E-state index in [1.54, 1.807) is 24.5 Å². The molecule has 3 aromatic rings.